The Kier molecular flexibility index (Phi) is 7.53. The van der Waals surface area contributed by atoms with E-state index in [9.17, 15) is 0 Å². The average Bonchev–Trinajstić information content (AvgIpc) is 4.05. The lowest BCUT2D eigenvalue weighted by Crippen LogP contribution is -2.10. The van der Waals surface area contributed by atoms with Crippen LogP contribution in [0.25, 0.3) is 128 Å². The fraction of sp³-hybridized carbons (Fsp3) is 0. The number of nitrogens with zero attached hydrogens (tertiary/aromatic N) is 5. The Balaban J connectivity index is 1.19. The Hall–Kier alpha value is -9.32. The van der Waals surface area contributed by atoms with Crippen LogP contribution in [0.3, 0.4) is 0 Å². The summed E-state index contributed by atoms with van der Waals surface area (Å²) in [6, 6.07) is 71.0. The summed E-state index contributed by atoms with van der Waals surface area (Å²) in [6.45, 7) is 0. The summed E-state index contributed by atoms with van der Waals surface area (Å²) in [6.07, 6.45) is 0. The van der Waals surface area contributed by atoms with Gasteiger partial charge in [-0.25, -0.2) is 9.97 Å². The fourth-order valence-electron chi connectivity index (χ4n) is 10.4. The highest BCUT2D eigenvalue weighted by molar-refractivity contribution is 6.14. The minimum Gasteiger partial charge on any atom is -0.307 e. The molecule has 322 valence electrons. The Morgan fingerprint density at radius 3 is 1.07 bits per heavy atom. The quantitative estimate of drug-likeness (QED) is 0.160. The lowest BCUT2D eigenvalue weighted by Gasteiger charge is -2.23. The Morgan fingerprint density at radius 2 is 0.638 bits per heavy atom. The third-order valence-electron chi connectivity index (χ3n) is 13.5. The minimum absolute atomic E-state index is 0.343. The van der Waals surface area contributed by atoms with Gasteiger partial charge in [0.15, 0.2) is 5.82 Å². The summed E-state index contributed by atoms with van der Waals surface area (Å²) in [7, 11) is 0. The molecule has 0 saturated carbocycles. The predicted octanol–water partition coefficient (Wildman–Crippen LogP) is 16.4. The van der Waals surface area contributed by atoms with Crippen molar-refractivity contribution in [1.29, 1.82) is 0 Å². The second kappa shape index (κ2) is 15.7. The highest BCUT2D eigenvalue weighted by Gasteiger charge is 2.27. The second-order valence-corrected chi connectivity index (χ2v) is 17.3. The van der Waals surface area contributed by atoms with E-state index in [2.05, 4.69) is 68.3 Å². The largest absolute Gasteiger partial charge is 0.307 e. The SMILES string of the molecule is [2H]c1ccc2c(c1)c1cc([2H])ccc1n2-c1cc(-c2cc(-c3cccc(-c4ccccc4)c3)nc(-c3ccccc3)n2)cc(-n2c3ccc([2H])cc3c3cc([2H])ccc32)c1-n1c2ccc([2H])cc2c2cc([2H])ccc21. The standard InChI is InChI=1S/C64H41N5/c1-3-20-42(21-4-1)44-24-19-25-45(38-44)53-41-54(66-64(65-53)43-22-5-2-6-23-43)46-39-61(67-55-32-13-7-26-47(55)48-27-8-14-33-56(48)67)63(69-59-36-17-11-30-51(59)52-31-12-18-37-60(52)69)62(40-46)68-57-34-15-9-28-49(57)50-29-10-16-35-58(50)68/h1-41H/i7D,8D,9D,10D,11D,12D. The lowest BCUT2D eigenvalue weighted by atomic mass is 10.00. The maximum absolute atomic E-state index is 8.86. The summed E-state index contributed by atoms with van der Waals surface area (Å²) < 4.78 is 59.8. The molecule has 14 rings (SSSR count). The van der Waals surface area contributed by atoms with Gasteiger partial charge in [0.25, 0.3) is 0 Å². The van der Waals surface area contributed by atoms with Crippen molar-refractivity contribution in [2.24, 2.45) is 0 Å². The van der Waals surface area contributed by atoms with Crippen LogP contribution < -0.4 is 0 Å². The van der Waals surface area contributed by atoms with E-state index < -0.39 is 0 Å². The van der Waals surface area contributed by atoms with Crippen LogP contribution in [0.5, 0.6) is 0 Å². The van der Waals surface area contributed by atoms with Gasteiger partial charge >= 0.3 is 0 Å². The van der Waals surface area contributed by atoms with Crippen molar-refractivity contribution in [2.75, 3.05) is 0 Å². The van der Waals surface area contributed by atoms with Crippen molar-refractivity contribution >= 4 is 65.4 Å². The van der Waals surface area contributed by atoms with Gasteiger partial charge in [0.1, 0.15) is 0 Å². The van der Waals surface area contributed by atoms with Crippen molar-refractivity contribution in [3.63, 3.8) is 0 Å². The minimum atomic E-state index is 0.343. The number of benzene rings is 10. The smallest absolute Gasteiger partial charge is 0.160 e. The van der Waals surface area contributed by atoms with Crippen molar-refractivity contribution in [3.8, 4) is 62.1 Å². The molecular weight excluding hydrogens is 839 g/mol. The molecule has 10 aromatic carbocycles. The first-order chi connectivity index (χ1) is 36.6. The normalized spacial score (nSPS) is 13.0. The lowest BCUT2D eigenvalue weighted by molar-refractivity contribution is 1.05. The topological polar surface area (TPSA) is 40.6 Å². The average molecular weight is 886 g/mol. The highest BCUT2D eigenvalue weighted by Crippen LogP contribution is 2.45. The molecule has 4 heterocycles. The van der Waals surface area contributed by atoms with Gasteiger partial charge in [-0.05, 0) is 71.8 Å². The third kappa shape index (κ3) is 6.18. The van der Waals surface area contributed by atoms with Crippen LogP contribution in [0, 0.1) is 0 Å². The molecule has 0 spiro atoms. The van der Waals surface area contributed by atoms with Crippen molar-refractivity contribution in [2.45, 2.75) is 0 Å². The molecule has 0 aliphatic carbocycles. The number of aromatic nitrogens is 5. The summed E-state index contributed by atoms with van der Waals surface area (Å²) in [5, 5.41) is 4.92. The van der Waals surface area contributed by atoms with Gasteiger partial charge in [-0.1, -0.05) is 188 Å². The second-order valence-electron chi connectivity index (χ2n) is 17.3. The highest BCUT2D eigenvalue weighted by atomic mass is 15.1. The maximum Gasteiger partial charge on any atom is 0.160 e. The van der Waals surface area contributed by atoms with Gasteiger partial charge in [0.05, 0.1) is 69.8 Å². The molecule has 0 aliphatic heterocycles. The first kappa shape index (κ1) is 33.2. The first-order valence-corrected chi connectivity index (χ1v) is 23.0. The summed E-state index contributed by atoms with van der Waals surface area (Å²) >= 11 is 0. The summed E-state index contributed by atoms with van der Waals surface area (Å²) in [4.78, 5) is 10.7. The molecule has 0 N–H and O–H groups in total. The molecule has 0 radical (unpaired) electrons. The van der Waals surface area contributed by atoms with E-state index in [1.165, 1.54) is 0 Å². The Bertz CT molecular complexity index is 4350. The van der Waals surface area contributed by atoms with E-state index in [-0.39, 0.29) is 0 Å². The zero-order chi connectivity index (χ0) is 50.6. The van der Waals surface area contributed by atoms with Crippen LogP contribution in [0.1, 0.15) is 8.22 Å². The van der Waals surface area contributed by atoms with Crippen LogP contribution in [0.4, 0.5) is 0 Å². The fourth-order valence-corrected chi connectivity index (χ4v) is 10.4. The summed E-state index contributed by atoms with van der Waals surface area (Å²) in [5.41, 5.74) is 13.3. The number of hydrogen-bond acceptors (Lipinski definition) is 2. The number of para-hydroxylation sites is 6. The van der Waals surface area contributed by atoms with Crippen LogP contribution in [0.15, 0.2) is 249 Å². The molecule has 0 fully saturated rings. The maximum atomic E-state index is 8.86. The molecule has 4 aromatic heterocycles. The molecule has 14 aromatic rings. The zero-order valence-corrected chi connectivity index (χ0v) is 36.9. The summed E-state index contributed by atoms with van der Waals surface area (Å²) in [5.74, 6) is 0.547. The molecule has 0 amide bonds. The zero-order valence-electron chi connectivity index (χ0n) is 42.9. The van der Waals surface area contributed by atoms with Crippen molar-refractivity contribution in [3.05, 3.63) is 249 Å². The van der Waals surface area contributed by atoms with Gasteiger partial charge in [-0.15, -0.1) is 0 Å². The molecule has 0 aliphatic rings. The van der Waals surface area contributed by atoms with Gasteiger partial charge in [0.2, 0.25) is 0 Å². The number of hydrogen-bond donors (Lipinski definition) is 0. The molecule has 0 saturated heterocycles. The molecule has 0 atom stereocenters. The monoisotopic (exact) mass is 885 g/mol. The molecular formula is C64H41N5. The third-order valence-corrected chi connectivity index (χ3v) is 13.5. The van der Waals surface area contributed by atoms with E-state index in [0.29, 0.717) is 47.8 Å². The van der Waals surface area contributed by atoms with Gasteiger partial charge < -0.3 is 13.7 Å². The van der Waals surface area contributed by atoms with E-state index in [0.717, 1.165) is 116 Å². The Morgan fingerprint density at radius 1 is 0.275 bits per heavy atom. The van der Waals surface area contributed by atoms with Crippen LogP contribution in [-0.4, -0.2) is 23.7 Å². The van der Waals surface area contributed by atoms with Gasteiger partial charge in [-0.3, -0.25) is 0 Å². The number of rotatable bonds is 7. The molecule has 0 unspecified atom stereocenters. The van der Waals surface area contributed by atoms with Crippen LogP contribution in [-0.2, 0) is 0 Å². The first-order valence-electron chi connectivity index (χ1n) is 26.0. The number of fused-ring (bicyclic) bond motifs is 9. The Labute approximate surface area is 406 Å². The molecule has 69 heavy (non-hydrogen) atoms. The van der Waals surface area contributed by atoms with E-state index in [4.69, 9.17) is 18.2 Å². The van der Waals surface area contributed by atoms with Crippen molar-refractivity contribution < 1.29 is 8.22 Å². The molecule has 5 heteroatoms. The van der Waals surface area contributed by atoms with Crippen molar-refractivity contribution in [1.82, 2.24) is 23.7 Å². The predicted molar refractivity (Wildman–Crippen MR) is 287 cm³/mol. The van der Waals surface area contributed by atoms with Crippen LogP contribution >= 0.6 is 0 Å². The molecule has 0 bridgehead atoms. The van der Waals surface area contributed by atoms with Gasteiger partial charge in [0, 0.05) is 49.0 Å². The van der Waals surface area contributed by atoms with Gasteiger partial charge in [-0.2, -0.15) is 0 Å². The van der Waals surface area contributed by atoms with E-state index in [1.54, 1.807) is 36.4 Å². The van der Waals surface area contributed by atoms with E-state index in [1.807, 2.05) is 121 Å². The van der Waals surface area contributed by atoms with Crippen LogP contribution in [0.2, 0.25) is 0 Å². The molecule has 5 nitrogen and oxygen atoms in total. The van der Waals surface area contributed by atoms with E-state index >= 15 is 0 Å².